The van der Waals surface area contributed by atoms with E-state index in [1.54, 1.807) is 6.92 Å². The van der Waals surface area contributed by atoms with E-state index in [1.165, 1.54) is 18.2 Å². The molecule has 1 aliphatic carbocycles. The molecule has 0 bridgehead atoms. The number of aryl methyl sites for hydroxylation is 1. The number of carbonyl (C=O) groups is 2. The van der Waals surface area contributed by atoms with Crippen molar-refractivity contribution in [1.82, 2.24) is 5.32 Å². The van der Waals surface area contributed by atoms with Crippen LogP contribution in [-0.4, -0.2) is 23.0 Å². The third kappa shape index (κ3) is 3.53. The molecule has 4 nitrogen and oxygen atoms in total. The Hall–Kier alpha value is -1.91. The zero-order valence-electron chi connectivity index (χ0n) is 10.6. The quantitative estimate of drug-likeness (QED) is 0.857. The van der Waals surface area contributed by atoms with E-state index in [1.807, 2.05) is 0 Å². The van der Waals surface area contributed by atoms with E-state index in [4.69, 9.17) is 5.11 Å². The van der Waals surface area contributed by atoms with Gasteiger partial charge in [-0.25, -0.2) is 4.39 Å². The highest BCUT2D eigenvalue weighted by Gasteiger charge is 2.34. The standard InChI is InChI=1S/C14H16FNO3/c1-8-6-10(15)4-5-11(8)14(19)16-12(7-13(17)18)9-2-3-9/h4-6,9,12H,2-3,7H2,1H3,(H,16,19)(H,17,18). The number of hydrogen-bond acceptors (Lipinski definition) is 2. The minimum atomic E-state index is -0.923. The van der Waals surface area contributed by atoms with Gasteiger partial charge in [-0.15, -0.1) is 0 Å². The molecule has 1 amide bonds. The van der Waals surface area contributed by atoms with Gasteiger partial charge in [0.2, 0.25) is 0 Å². The normalized spacial score (nSPS) is 15.9. The summed E-state index contributed by atoms with van der Waals surface area (Å²) in [5.74, 6) is -1.40. The van der Waals surface area contributed by atoms with Gasteiger partial charge in [0.25, 0.3) is 5.91 Å². The van der Waals surface area contributed by atoms with Crippen molar-refractivity contribution in [2.24, 2.45) is 5.92 Å². The highest BCUT2D eigenvalue weighted by molar-refractivity contribution is 5.96. The number of nitrogens with one attached hydrogen (secondary N) is 1. The minimum Gasteiger partial charge on any atom is -0.481 e. The Morgan fingerprint density at radius 2 is 2.16 bits per heavy atom. The number of carboxylic acids is 1. The summed E-state index contributed by atoms with van der Waals surface area (Å²) in [6.45, 7) is 1.65. The Kier molecular flexibility index (Phi) is 3.83. The van der Waals surface area contributed by atoms with Crippen molar-refractivity contribution in [2.45, 2.75) is 32.2 Å². The van der Waals surface area contributed by atoms with Crippen LogP contribution in [0.5, 0.6) is 0 Å². The molecule has 1 saturated carbocycles. The van der Waals surface area contributed by atoms with Crippen LogP contribution in [0.25, 0.3) is 0 Å². The van der Waals surface area contributed by atoms with Crippen molar-refractivity contribution in [1.29, 1.82) is 0 Å². The lowest BCUT2D eigenvalue weighted by molar-refractivity contribution is -0.137. The van der Waals surface area contributed by atoms with Crippen molar-refractivity contribution in [3.05, 3.63) is 35.1 Å². The molecule has 2 rings (SSSR count). The van der Waals surface area contributed by atoms with E-state index in [-0.39, 0.29) is 24.3 Å². The largest absolute Gasteiger partial charge is 0.481 e. The first kappa shape index (κ1) is 13.5. The number of rotatable bonds is 5. The average Bonchev–Trinajstić information content (AvgIpc) is 3.10. The summed E-state index contributed by atoms with van der Waals surface area (Å²) in [6, 6.07) is 3.60. The fraction of sp³-hybridized carbons (Fsp3) is 0.429. The van der Waals surface area contributed by atoms with E-state index in [2.05, 4.69) is 5.32 Å². The molecule has 1 fully saturated rings. The first-order valence-electron chi connectivity index (χ1n) is 6.26. The summed E-state index contributed by atoms with van der Waals surface area (Å²) in [6.07, 6.45) is 1.82. The lowest BCUT2D eigenvalue weighted by Crippen LogP contribution is -2.38. The smallest absolute Gasteiger partial charge is 0.305 e. The summed E-state index contributed by atoms with van der Waals surface area (Å²) < 4.78 is 13.0. The maximum absolute atomic E-state index is 13.0. The van der Waals surface area contributed by atoms with E-state index >= 15 is 0 Å². The summed E-state index contributed by atoms with van der Waals surface area (Å²) in [5.41, 5.74) is 0.930. The summed E-state index contributed by atoms with van der Waals surface area (Å²) in [4.78, 5) is 22.8. The van der Waals surface area contributed by atoms with Gasteiger partial charge in [-0.3, -0.25) is 9.59 Å². The number of carbonyl (C=O) groups excluding carboxylic acids is 1. The summed E-state index contributed by atoms with van der Waals surface area (Å²) in [7, 11) is 0. The molecule has 0 radical (unpaired) electrons. The van der Waals surface area contributed by atoms with Gasteiger partial charge in [0.1, 0.15) is 5.82 Å². The van der Waals surface area contributed by atoms with Crippen LogP contribution in [0.3, 0.4) is 0 Å². The molecular formula is C14H16FNO3. The molecular weight excluding hydrogens is 249 g/mol. The molecule has 0 spiro atoms. The van der Waals surface area contributed by atoms with Gasteiger partial charge >= 0.3 is 5.97 Å². The zero-order chi connectivity index (χ0) is 14.0. The SMILES string of the molecule is Cc1cc(F)ccc1C(=O)NC(CC(=O)O)C1CC1. The van der Waals surface area contributed by atoms with Crippen LogP contribution in [-0.2, 0) is 4.79 Å². The molecule has 5 heteroatoms. The second kappa shape index (κ2) is 5.38. The Balaban J connectivity index is 2.08. The number of aliphatic carboxylic acids is 1. The molecule has 1 aromatic carbocycles. The zero-order valence-corrected chi connectivity index (χ0v) is 10.6. The third-order valence-electron chi connectivity index (χ3n) is 3.34. The molecule has 2 N–H and O–H groups in total. The van der Waals surface area contributed by atoms with Gasteiger partial charge in [0.05, 0.1) is 6.42 Å². The summed E-state index contributed by atoms with van der Waals surface area (Å²) >= 11 is 0. The van der Waals surface area contributed by atoms with E-state index in [9.17, 15) is 14.0 Å². The van der Waals surface area contributed by atoms with E-state index < -0.39 is 11.8 Å². The number of carboxylic acid groups (broad SMARTS) is 1. The highest BCUT2D eigenvalue weighted by Crippen LogP contribution is 2.34. The molecule has 19 heavy (non-hydrogen) atoms. The van der Waals surface area contributed by atoms with E-state index in [0.717, 1.165) is 12.8 Å². The Labute approximate surface area is 110 Å². The fourth-order valence-corrected chi connectivity index (χ4v) is 2.15. The van der Waals surface area contributed by atoms with Crippen LogP contribution in [0.2, 0.25) is 0 Å². The van der Waals surface area contributed by atoms with Crippen molar-refractivity contribution in [3.8, 4) is 0 Å². The van der Waals surface area contributed by atoms with E-state index in [0.29, 0.717) is 11.1 Å². The molecule has 1 unspecified atom stereocenters. The predicted molar refractivity (Wildman–Crippen MR) is 67.4 cm³/mol. The number of amides is 1. The van der Waals surface area contributed by atoms with Gasteiger partial charge in [-0.2, -0.15) is 0 Å². The Morgan fingerprint density at radius 3 is 2.68 bits per heavy atom. The number of halogens is 1. The highest BCUT2D eigenvalue weighted by atomic mass is 19.1. The second-order valence-corrected chi connectivity index (χ2v) is 4.97. The van der Waals surface area contributed by atoms with Gasteiger partial charge in [0.15, 0.2) is 0 Å². The maximum atomic E-state index is 13.0. The van der Waals surface area contributed by atoms with Gasteiger partial charge < -0.3 is 10.4 Å². The fourth-order valence-electron chi connectivity index (χ4n) is 2.15. The van der Waals surface area contributed by atoms with Crippen LogP contribution in [0.1, 0.15) is 35.2 Å². The van der Waals surface area contributed by atoms with Crippen LogP contribution in [0.4, 0.5) is 4.39 Å². The Bertz CT molecular complexity index is 511. The first-order chi connectivity index (χ1) is 8.97. The molecule has 1 atom stereocenters. The van der Waals surface area contributed by atoms with Gasteiger partial charge in [-0.1, -0.05) is 0 Å². The lowest BCUT2D eigenvalue weighted by atomic mass is 10.1. The van der Waals surface area contributed by atoms with Crippen molar-refractivity contribution in [2.75, 3.05) is 0 Å². The summed E-state index contributed by atoms with van der Waals surface area (Å²) in [5, 5.41) is 11.6. The molecule has 0 aliphatic heterocycles. The lowest BCUT2D eigenvalue weighted by Gasteiger charge is -2.17. The number of hydrogen-bond donors (Lipinski definition) is 2. The van der Waals surface area contributed by atoms with Crippen LogP contribution < -0.4 is 5.32 Å². The van der Waals surface area contributed by atoms with Crippen LogP contribution >= 0.6 is 0 Å². The maximum Gasteiger partial charge on any atom is 0.305 e. The Morgan fingerprint density at radius 1 is 1.47 bits per heavy atom. The molecule has 1 aliphatic rings. The molecule has 0 saturated heterocycles. The monoisotopic (exact) mass is 265 g/mol. The van der Waals surface area contributed by atoms with Crippen molar-refractivity contribution >= 4 is 11.9 Å². The van der Waals surface area contributed by atoms with Crippen molar-refractivity contribution in [3.63, 3.8) is 0 Å². The minimum absolute atomic E-state index is 0.0728. The van der Waals surface area contributed by atoms with Crippen LogP contribution in [0.15, 0.2) is 18.2 Å². The van der Waals surface area contributed by atoms with Crippen molar-refractivity contribution < 1.29 is 19.1 Å². The molecule has 0 heterocycles. The molecule has 0 aromatic heterocycles. The van der Waals surface area contributed by atoms with Gasteiger partial charge in [0, 0.05) is 11.6 Å². The van der Waals surface area contributed by atoms with Crippen LogP contribution in [0, 0.1) is 18.7 Å². The molecule has 1 aromatic rings. The first-order valence-corrected chi connectivity index (χ1v) is 6.26. The predicted octanol–water partition coefficient (Wildman–Crippen LogP) is 2.12. The van der Waals surface area contributed by atoms with Gasteiger partial charge in [-0.05, 0) is 49.4 Å². The average molecular weight is 265 g/mol. The third-order valence-corrected chi connectivity index (χ3v) is 3.34. The topological polar surface area (TPSA) is 66.4 Å². The second-order valence-electron chi connectivity index (χ2n) is 4.97. The molecule has 102 valence electrons. The number of benzene rings is 1.